The van der Waals surface area contributed by atoms with Crippen LogP contribution in [0.15, 0.2) is 18.3 Å². The van der Waals surface area contributed by atoms with Gasteiger partial charge in [0.05, 0.1) is 25.2 Å². The van der Waals surface area contributed by atoms with Crippen molar-refractivity contribution in [1.82, 2.24) is 15.3 Å². The molecule has 10 heteroatoms. The van der Waals surface area contributed by atoms with Crippen LogP contribution in [-0.4, -0.2) is 53.2 Å². The third kappa shape index (κ3) is 10.6. The van der Waals surface area contributed by atoms with Gasteiger partial charge in [0.15, 0.2) is 5.69 Å². The predicted octanol–water partition coefficient (Wildman–Crippen LogP) is 7.44. The number of carboxylic acid groups (broad SMARTS) is 1. The van der Waals surface area contributed by atoms with Crippen LogP contribution in [0.25, 0.3) is 0 Å². The summed E-state index contributed by atoms with van der Waals surface area (Å²) < 4.78 is 31.4. The molecule has 224 valence electrons. The molecule has 2 aromatic heterocycles. The van der Waals surface area contributed by atoms with Gasteiger partial charge < -0.3 is 20.1 Å². The highest BCUT2D eigenvalue weighted by molar-refractivity contribution is 7.11. The molecule has 2 aromatic rings. The highest BCUT2D eigenvalue weighted by atomic mass is 32.1. The smallest absolute Gasteiger partial charge is 0.354 e. The van der Waals surface area contributed by atoms with E-state index in [2.05, 4.69) is 43.0 Å². The molecule has 2 fully saturated rings. The monoisotopic (exact) mass is 580 g/mol. The Labute approximate surface area is 241 Å². The van der Waals surface area contributed by atoms with E-state index < -0.39 is 11.9 Å². The molecule has 0 unspecified atom stereocenters. The van der Waals surface area contributed by atoms with Gasteiger partial charge in [-0.05, 0) is 64.6 Å². The number of aromatic nitrogens is 2. The van der Waals surface area contributed by atoms with Crippen LogP contribution in [0.1, 0.15) is 105 Å². The van der Waals surface area contributed by atoms with Crippen molar-refractivity contribution >= 4 is 23.0 Å². The summed E-state index contributed by atoms with van der Waals surface area (Å²) in [5, 5.41) is 13.8. The number of nitrogens with one attached hydrogen (secondary N) is 1. The van der Waals surface area contributed by atoms with Crippen molar-refractivity contribution in [3.63, 3.8) is 0 Å². The van der Waals surface area contributed by atoms with Crippen LogP contribution in [0.2, 0.25) is 0 Å². The Hall–Kier alpha value is -2.33. The molecule has 0 radical (unpaired) electrons. The maximum atomic E-state index is 12.9. The lowest BCUT2D eigenvalue weighted by Crippen LogP contribution is -2.56. The fraction of sp³-hybridized carbons (Fsp3) is 0.700. The third-order valence-corrected chi connectivity index (χ3v) is 8.39. The number of unbranched alkanes of at least 4 members (excludes halogenated alkanes) is 7. The summed E-state index contributed by atoms with van der Waals surface area (Å²) in [7, 11) is 0. The van der Waals surface area contributed by atoms with Gasteiger partial charge in [-0.2, -0.15) is 0 Å². The molecule has 0 bridgehead atoms. The molecule has 0 atom stereocenters. The van der Waals surface area contributed by atoms with Crippen LogP contribution >= 0.6 is 11.3 Å². The molecule has 2 aliphatic rings. The SMILES string of the molecule is CCCCCCCCCCNC(C)(C)c1ncc(C)s1.O=C(O)c1ccc(N2CC(F)(F)C2)c(OCC2CC2)n1. The number of halogens is 2. The van der Waals surface area contributed by atoms with Crippen LogP contribution in [0.3, 0.4) is 0 Å². The van der Waals surface area contributed by atoms with E-state index in [1.165, 1.54) is 78.3 Å². The molecule has 1 saturated heterocycles. The first-order chi connectivity index (χ1) is 19.0. The second kappa shape index (κ2) is 15.1. The zero-order valence-electron chi connectivity index (χ0n) is 24.5. The predicted molar refractivity (Wildman–Crippen MR) is 157 cm³/mol. The number of hydrogen-bond acceptors (Lipinski definition) is 7. The lowest BCUT2D eigenvalue weighted by Gasteiger charge is -2.40. The van der Waals surface area contributed by atoms with Crippen LogP contribution in [0.4, 0.5) is 14.5 Å². The van der Waals surface area contributed by atoms with Gasteiger partial charge in [0.1, 0.15) is 10.7 Å². The van der Waals surface area contributed by atoms with Crippen molar-refractivity contribution in [1.29, 1.82) is 0 Å². The number of carbonyl (C=O) groups is 1. The molecular formula is C30H46F2N4O3S. The standard InChI is InChI=1S/C17H32N2S.C13H14F2N2O3/c1-5-6-7-8-9-10-11-12-13-19-17(3,4)16-18-14-15(2)20-16;14-13(15)6-17(7-13)10-4-3-9(12(18)19)16-11(10)20-5-8-1-2-8/h14,19H,5-13H2,1-4H3;3-4,8H,1-2,5-7H2,(H,18,19). The van der Waals surface area contributed by atoms with Crippen molar-refractivity contribution in [2.75, 3.05) is 31.1 Å². The van der Waals surface area contributed by atoms with E-state index in [1.807, 2.05) is 6.20 Å². The maximum Gasteiger partial charge on any atom is 0.354 e. The maximum absolute atomic E-state index is 12.9. The van der Waals surface area contributed by atoms with Gasteiger partial charge in [-0.25, -0.2) is 23.5 Å². The van der Waals surface area contributed by atoms with Crippen molar-refractivity contribution < 1.29 is 23.4 Å². The molecule has 0 spiro atoms. The van der Waals surface area contributed by atoms with E-state index in [1.54, 1.807) is 11.3 Å². The van der Waals surface area contributed by atoms with E-state index >= 15 is 0 Å². The summed E-state index contributed by atoms with van der Waals surface area (Å²) in [6.45, 7) is 9.63. The molecule has 7 nitrogen and oxygen atoms in total. The van der Waals surface area contributed by atoms with Crippen molar-refractivity contribution in [2.24, 2.45) is 5.92 Å². The number of nitrogens with zero attached hydrogens (tertiary/aromatic N) is 3. The van der Waals surface area contributed by atoms with Gasteiger partial charge in [0.2, 0.25) is 5.88 Å². The number of aromatic carboxylic acids is 1. The topological polar surface area (TPSA) is 87.6 Å². The molecule has 1 saturated carbocycles. The zero-order valence-corrected chi connectivity index (χ0v) is 25.3. The number of carboxylic acids is 1. The summed E-state index contributed by atoms with van der Waals surface area (Å²) in [6.07, 6.45) is 15.2. The normalized spacial score (nSPS) is 16.2. The Bertz CT molecular complexity index is 1070. The Morgan fingerprint density at radius 2 is 1.80 bits per heavy atom. The average molecular weight is 581 g/mol. The van der Waals surface area contributed by atoms with Gasteiger partial charge in [-0.1, -0.05) is 51.9 Å². The minimum Gasteiger partial charge on any atom is -0.477 e. The van der Waals surface area contributed by atoms with Gasteiger partial charge in [-0.15, -0.1) is 11.3 Å². The van der Waals surface area contributed by atoms with E-state index in [-0.39, 0.29) is 30.2 Å². The van der Waals surface area contributed by atoms with Gasteiger partial charge in [-0.3, -0.25) is 0 Å². The highest BCUT2D eigenvalue weighted by Crippen LogP contribution is 2.38. The van der Waals surface area contributed by atoms with Crippen LogP contribution in [-0.2, 0) is 5.54 Å². The fourth-order valence-corrected chi connectivity index (χ4v) is 5.29. The second-order valence-corrected chi connectivity index (χ2v) is 12.8. The van der Waals surface area contributed by atoms with Crippen molar-refractivity contribution in [3.8, 4) is 5.88 Å². The minimum atomic E-state index is -2.70. The van der Waals surface area contributed by atoms with Crippen LogP contribution < -0.4 is 15.0 Å². The zero-order chi connectivity index (χ0) is 29.2. The van der Waals surface area contributed by atoms with Gasteiger partial charge >= 0.3 is 5.97 Å². The van der Waals surface area contributed by atoms with Crippen molar-refractivity contribution in [2.45, 2.75) is 103 Å². The van der Waals surface area contributed by atoms with E-state index in [9.17, 15) is 13.6 Å². The first-order valence-electron chi connectivity index (χ1n) is 14.7. The Morgan fingerprint density at radius 1 is 1.15 bits per heavy atom. The molecule has 2 N–H and O–H groups in total. The molecule has 3 heterocycles. The lowest BCUT2D eigenvalue weighted by molar-refractivity contribution is -0.0265. The molecule has 40 heavy (non-hydrogen) atoms. The highest BCUT2D eigenvalue weighted by Gasteiger charge is 2.45. The molecule has 0 aromatic carbocycles. The molecule has 0 amide bonds. The molecule has 1 aliphatic carbocycles. The number of thiazole rings is 1. The number of aryl methyl sites for hydroxylation is 1. The lowest BCUT2D eigenvalue weighted by atomic mass is 10.1. The number of hydrogen-bond donors (Lipinski definition) is 2. The summed E-state index contributed by atoms with van der Waals surface area (Å²) in [5.74, 6) is -3.26. The first-order valence-corrected chi connectivity index (χ1v) is 15.5. The summed E-state index contributed by atoms with van der Waals surface area (Å²) in [5.41, 5.74) is 0.300. The molecular weight excluding hydrogens is 534 g/mol. The fourth-order valence-electron chi connectivity index (χ4n) is 4.44. The largest absolute Gasteiger partial charge is 0.477 e. The number of anilines is 1. The minimum absolute atomic E-state index is 0.0139. The first kappa shape index (κ1) is 32.2. The Kier molecular flexibility index (Phi) is 12.1. The van der Waals surface area contributed by atoms with Crippen LogP contribution in [0.5, 0.6) is 5.88 Å². The van der Waals surface area contributed by atoms with Crippen molar-refractivity contribution in [3.05, 3.63) is 33.9 Å². The number of rotatable bonds is 16. The average Bonchev–Trinajstić information content (AvgIpc) is 3.62. The summed E-state index contributed by atoms with van der Waals surface area (Å²) in [4.78, 5) is 22.1. The Balaban J connectivity index is 0.000000220. The van der Waals surface area contributed by atoms with Gasteiger partial charge in [0, 0.05) is 11.1 Å². The third-order valence-electron chi connectivity index (χ3n) is 7.15. The van der Waals surface area contributed by atoms with E-state index in [0.29, 0.717) is 18.2 Å². The quantitative estimate of drug-likeness (QED) is 0.200. The molecule has 4 rings (SSSR count). The second-order valence-electron chi connectivity index (χ2n) is 11.6. The Morgan fingerprint density at radius 3 is 2.35 bits per heavy atom. The van der Waals surface area contributed by atoms with E-state index in [0.717, 1.165) is 19.4 Å². The summed E-state index contributed by atoms with van der Waals surface area (Å²) in [6, 6.07) is 2.78. The number of ether oxygens (including phenoxy) is 1. The van der Waals surface area contributed by atoms with Crippen LogP contribution in [0, 0.1) is 12.8 Å². The van der Waals surface area contributed by atoms with Gasteiger partial charge in [0.25, 0.3) is 5.92 Å². The number of alkyl halides is 2. The molecule has 1 aliphatic heterocycles. The summed E-state index contributed by atoms with van der Waals surface area (Å²) >= 11 is 1.80. The van der Waals surface area contributed by atoms with E-state index in [4.69, 9.17) is 9.84 Å². The number of pyridine rings is 1.